The molecule has 2 rings (SSSR count). The molecule has 1 fully saturated rings. The van der Waals surface area contributed by atoms with E-state index in [4.69, 9.17) is 4.74 Å². The number of ether oxygens (including phenoxy) is 1. The molecule has 5 heteroatoms. The van der Waals surface area contributed by atoms with Crippen LogP contribution < -0.4 is 4.74 Å². The Morgan fingerprint density at radius 1 is 1.33 bits per heavy atom. The zero-order chi connectivity index (χ0) is 15.2. The first-order valence-corrected chi connectivity index (χ1v) is 7.97. The number of benzene rings is 1. The quantitative estimate of drug-likeness (QED) is 0.781. The number of carbonyl (C=O) groups is 1. The summed E-state index contributed by atoms with van der Waals surface area (Å²) in [5, 5.41) is 0. The molecule has 4 nitrogen and oxygen atoms in total. The van der Waals surface area contributed by atoms with Crippen LogP contribution in [-0.2, 0) is 11.3 Å². The number of hydrogen-bond acceptors (Lipinski definition) is 4. The third kappa shape index (κ3) is 4.93. The summed E-state index contributed by atoms with van der Waals surface area (Å²) in [6.45, 7) is 3.08. The zero-order valence-corrected chi connectivity index (χ0v) is 13.7. The maximum absolute atomic E-state index is 11.9. The molecule has 0 radical (unpaired) electrons. The van der Waals surface area contributed by atoms with Crippen LogP contribution in [0, 0.1) is 5.92 Å². The van der Waals surface area contributed by atoms with Crippen LogP contribution in [0.4, 0.5) is 0 Å². The van der Waals surface area contributed by atoms with Crippen molar-refractivity contribution in [3.8, 4) is 5.75 Å². The Morgan fingerprint density at radius 3 is 2.62 bits per heavy atom. The minimum Gasteiger partial charge on any atom is -0.492 e. The molecule has 1 aliphatic rings. The van der Waals surface area contributed by atoms with Crippen LogP contribution in [-0.4, -0.2) is 55.3 Å². The Morgan fingerprint density at radius 2 is 2.05 bits per heavy atom. The van der Waals surface area contributed by atoms with E-state index in [0.717, 1.165) is 30.2 Å². The van der Waals surface area contributed by atoms with Crippen LogP contribution in [0.25, 0.3) is 0 Å². The van der Waals surface area contributed by atoms with Gasteiger partial charge in [-0.25, -0.2) is 0 Å². The standard InChI is InChI=1S/C16H24N2O2S/c1-17(2)7-8-20-15-5-3-13(4-6-15)10-18-11-14(12-21)9-16(18)19/h3-6,14,21H,7-12H2,1-2H3. The van der Waals surface area contributed by atoms with Crippen LogP contribution in [0.5, 0.6) is 5.75 Å². The summed E-state index contributed by atoms with van der Waals surface area (Å²) in [6, 6.07) is 8.02. The summed E-state index contributed by atoms with van der Waals surface area (Å²) in [5.74, 6) is 2.29. The summed E-state index contributed by atoms with van der Waals surface area (Å²) in [6.07, 6.45) is 0.634. The smallest absolute Gasteiger partial charge is 0.223 e. The van der Waals surface area contributed by atoms with Crippen LogP contribution in [0.1, 0.15) is 12.0 Å². The van der Waals surface area contributed by atoms with E-state index in [0.29, 0.717) is 25.5 Å². The minimum absolute atomic E-state index is 0.236. The fourth-order valence-corrected chi connectivity index (χ4v) is 2.63. The third-order valence-corrected chi connectivity index (χ3v) is 4.17. The fraction of sp³-hybridized carbons (Fsp3) is 0.562. The Bertz CT molecular complexity index is 462. The lowest BCUT2D eigenvalue weighted by Gasteiger charge is -2.17. The molecule has 0 spiro atoms. The predicted octanol–water partition coefficient (Wildman–Crippen LogP) is 1.91. The van der Waals surface area contributed by atoms with Crippen LogP contribution in [0.15, 0.2) is 24.3 Å². The molecule has 1 saturated heterocycles. The molecule has 1 aromatic carbocycles. The van der Waals surface area contributed by atoms with E-state index in [1.807, 2.05) is 43.3 Å². The zero-order valence-electron chi connectivity index (χ0n) is 12.8. The largest absolute Gasteiger partial charge is 0.492 e. The van der Waals surface area contributed by atoms with Gasteiger partial charge in [-0.2, -0.15) is 12.6 Å². The highest BCUT2D eigenvalue weighted by atomic mass is 32.1. The highest BCUT2D eigenvalue weighted by Gasteiger charge is 2.28. The number of amides is 1. The van der Waals surface area contributed by atoms with Crippen molar-refractivity contribution in [3.05, 3.63) is 29.8 Å². The summed E-state index contributed by atoms with van der Waals surface area (Å²) >= 11 is 4.28. The van der Waals surface area contributed by atoms with Crippen molar-refractivity contribution in [3.63, 3.8) is 0 Å². The number of hydrogen-bond donors (Lipinski definition) is 1. The second kappa shape index (κ2) is 7.71. The molecule has 1 heterocycles. The van der Waals surface area contributed by atoms with Crippen molar-refractivity contribution in [2.45, 2.75) is 13.0 Å². The predicted molar refractivity (Wildman–Crippen MR) is 87.9 cm³/mol. The first-order valence-electron chi connectivity index (χ1n) is 7.33. The Balaban J connectivity index is 1.83. The molecule has 21 heavy (non-hydrogen) atoms. The third-order valence-electron chi connectivity index (χ3n) is 3.66. The lowest BCUT2D eigenvalue weighted by Crippen LogP contribution is -2.24. The van der Waals surface area contributed by atoms with Gasteiger partial charge in [-0.15, -0.1) is 0 Å². The van der Waals surface area contributed by atoms with Crippen molar-refractivity contribution >= 4 is 18.5 Å². The van der Waals surface area contributed by atoms with Gasteiger partial charge in [0.15, 0.2) is 0 Å². The molecular formula is C16H24N2O2S. The molecule has 0 aromatic heterocycles. The van der Waals surface area contributed by atoms with Gasteiger partial charge in [0.25, 0.3) is 0 Å². The van der Waals surface area contributed by atoms with Crippen molar-refractivity contribution in [1.82, 2.24) is 9.80 Å². The van der Waals surface area contributed by atoms with Gasteiger partial charge in [-0.05, 0) is 43.5 Å². The summed E-state index contributed by atoms with van der Waals surface area (Å²) in [4.78, 5) is 15.9. The van der Waals surface area contributed by atoms with Crippen molar-refractivity contribution < 1.29 is 9.53 Å². The van der Waals surface area contributed by atoms with Gasteiger partial charge in [0.1, 0.15) is 12.4 Å². The van der Waals surface area contributed by atoms with Crippen LogP contribution >= 0.6 is 12.6 Å². The molecule has 1 aliphatic heterocycles. The van der Waals surface area contributed by atoms with E-state index in [9.17, 15) is 4.79 Å². The molecule has 1 unspecified atom stereocenters. The maximum Gasteiger partial charge on any atom is 0.223 e. The monoisotopic (exact) mass is 308 g/mol. The number of likely N-dealkylation sites (tertiary alicyclic amines) is 1. The van der Waals surface area contributed by atoms with Gasteiger partial charge in [0.2, 0.25) is 5.91 Å². The lowest BCUT2D eigenvalue weighted by atomic mass is 10.1. The van der Waals surface area contributed by atoms with Gasteiger partial charge in [0.05, 0.1) is 0 Å². The molecule has 0 saturated carbocycles. The van der Waals surface area contributed by atoms with Crippen LogP contribution in [0.3, 0.4) is 0 Å². The number of nitrogens with zero attached hydrogens (tertiary/aromatic N) is 2. The van der Waals surface area contributed by atoms with E-state index in [1.54, 1.807) is 0 Å². The first-order chi connectivity index (χ1) is 10.1. The SMILES string of the molecule is CN(C)CCOc1ccc(CN2CC(CS)CC2=O)cc1. The molecular weight excluding hydrogens is 284 g/mol. The average molecular weight is 308 g/mol. The number of rotatable bonds is 7. The van der Waals surface area contributed by atoms with E-state index in [-0.39, 0.29) is 5.91 Å². The van der Waals surface area contributed by atoms with Gasteiger partial charge in [-0.3, -0.25) is 4.79 Å². The van der Waals surface area contributed by atoms with Crippen LogP contribution in [0.2, 0.25) is 0 Å². The molecule has 1 atom stereocenters. The van der Waals surface area contributed by atoms with Gasteiger partial charge >= 0.3 is 0 Å². The summed E-state index contributed by atoms with van der Waals surface area (Å²) in [7, 11) is 4.05. The maximum atomic E-state index is 11.9. The molecule has 0 bridgehead atoms. The van der Waals surface area contributed by atoms with Gasteiger partial charge < -0.3 is 14.5 Å². The van der Waals surface area contributed by atoms with Crippen molar-refractivity contribution in [1.29, 1.82) is 0 Å². The summed E-state index contributed by atoms with van der Waals surface area (Å²) < 4.78 is 5.67. The average Bonchev–Trinajstić information content (AvgIpc) is 2.81. The highest BCUT2D eigenvalue weighted by Crippen LogP contribution is 2.22. The van der Waals surface area contributed by atoms with Gasteiger partial charge in [0, 0.05) is 26.1 Å². The normalized spacial score (nSPS) is 18.6. The Kier molecular flexibility index (Phi) is 5.94. The van der Waals surface area contributed by atoms with Crippen molar-refractivity contribution in [2.24, 2.45) is 5.92 Å². The Hall–Kier alpha value is -1.20. The topological polar surface area (TPSA) is 32.8 Å². The molecule has 1 amide bonds. The molecule has 116 valence electrons. The minimum atomic E-state index is 0.236. The fourth-order valence-electron chi connectivity index (χ4n) is 2.39. The molecule has 0 aliphatic carbocycles. The molecule has 1 aromatic rings. The highest BCUT2D eigenvalue weighted by molar-refractivity contribution is 7.80. The van der Waals surface area contributed by atoms with E-state index in [1.165, 1.54) is 0 Å². The number of likely N-dealkylation sites (N-methyl/N-ethyl adjacent to an activating group) is 1. The van der Waals surface area contributed by atoms with E-state index in [2.05, 4.69) is 17.5 Å². The second-order valence-corrected chi connectivity index (χ2v) is 6.19. The first kappa shape index (κ1) is 16.2. The van der Waals surface area contributed by atoms with E-state index >= 15 is 0 Å². The van der Waals surface area contributed by atoms with Crippen molar-refractivity contribution in [2.75, 3.05) is 39.5 Å². The summed E-state index contributed by atoms with van der Waals surface area (Å²) in [5.41, 5.74) is 1.14. The van der Waals surface area contributed by atoms with Gasteiger partial charge in [-0.1, -0.05) is 12.1 Å². The second-order valence-electron chi connectivity index (χ2n) is 5.82. The number of thiol groups is 1. The Labute approximate surface area is 132 Å². The van der Waals surface area contributed by atoms with E-state index < -0.39 is 0 Å². The lowest BCUT2D eigenvalue weighted by molar-refractivity contribution is -0.128. The number of carbonyl (C=O) groups excluding carboxylic acids is 1. The molecule has 0 N–H and O–H groups in total.